The lowest BCUT2D eigenvalue weighted by Gasteiger charge is -2.12. The smallest absolute Gasteiger partial charge is 0.262 e. The molecule has 21 heavy (non-hydrogen) atoms. The summed E-state index contributed by atoms with van der Waals surface area (Å²) in [5.41, 5.74) is 6.65. The number of sulfonamides is 1. The lowest BCUT2D eigenvalue weighted by atomic mass is 10.2. The van der Waals surface area contributed by atoms with E-state index in [1.807, 2.05) is 0 Å². The molecular weight excluding hydrogens is 356 g/mol. The van der Waals surface area contributed by atoms with Crippen molar-refractivity contribution in [3.05, 3.63) is 52.5 Å². The van der Waals surface area contributed by atoms with Gasteiger partial charge in [0.25, 0.3) is 10.0 Å². The highest BCUT2D eigenvalue weighted by Gasteiger charge is 2.17. The zero-order chi connectivity index (χ0) is 15.5. The predicted molar refractivity (Wildman–Crippen MR) is 85.8 cm³/mol. The maximum absolute atomic E-state index is 12.4. The number of methoxy groups -OCH3 is 1. The third-order valence-corrected chi connectivity index (χ3v) is 4.71. The zero-order valence-electron chi connectivity index (χ0n) is 11.3. The third-order valence-electron chi connectivity index (χ3n) is 2.85. The first-order valence-corrected chi connectivity index (χ1v) is 8.39. The molecule has 2 aromatic carbocycles. The maximum Gasteiger partial charge on any atom is 0.262 e. The Bertz CT molecular complexity index is 748. The molecule has 0 saturated heterocycles. The molecule has 0 aromatic heterocycles. The van der Waals surface area contributed by atoms with Crippen LogP contribution >= 0.6 is 15.9 Å². The van der Waals surface area contributed by atoms with Gasteiger partial charge in [0.05, 0.1) is 17.7 Å². The van der Waals surface area contributed by atoms with Gasteiger partial charge in [0.1, 0.15) is 5.75 Å². The van der Waals surface area contributed by atoms with Crippen molar-refractivity contribution in [3.8, 4) is 5.75 Å². The van der Waals surface area contributed by atoms with Crippen LogP contribution in [-0.4, -0.2) is 15.5 Å². The predicted octanol–water partition coefficient (Wildman–Crippen LogP) is 2.72. The summed E-state index contributed by atoms with van der Waals surface area (Å²) in [6.45, 7) is 0.281. The molecule has 0 radical (unpaired) electrons. The molecule has 0 amide bonds. The van der Waals surface area contributed by atoms with E-state index in [4.69, 9.17) is 10.5 Å². The van der Waals surface area contributed by atoms with Crippen LogP contribution in [0.25, 0.3) is 0 Å². The Kier molecular flexibility index (Phi) is 4.87. The monoisotopic (exact) mass is 370 g/mol. The van der Waals surface area contributed by atoms with Gasteiger partial charge in [0.2, 0.25) is 0 Å². The quantitative estimate of drug-likeness (QED) is 0.847. The molecule has 0 heterocycles. The van der Waals surface area contributed by atoms with Gasteiger partial charge in [-0.2, -0.15) is 0 Å². The van der Waals surface area contributed by atoms with Gasteiger partial charge in [0, 0.05) is 11.0 Å². The lowest BCUT2D eigenvalue weighted by molar-refractivity contribution is 0.417. The number of benzene rings is 2. The van der Waals surface area contributed by atoms with Gasteiger partial charge in [0.15, 0.2) is 0 Å². The zero-order valence-corrected chi connectivity index (χ0v) is 13.7. The first-order chi connectivity index (χ1) is 9.96. The number of hydrogen-bond acceptors (Lipinski definition) is 4. The van der Waals surface area contributed by atoms with Gasteiger partial charge in [-0.3, -0.25) is 4.72 Å². The van der Waals surface area contributed by atoms with Crippen molar-refractivity contribution in [2.45, 2.75) is 11.4 Å². The van der Waals surface area contributed by atoms with Crippen LogP contribution in [0.4, 0.5) is 5.69 Å². The second-order valence-electron chi connectivity index (χ2n) is 4.30. The Balaban J connectivity index is 2.39. The molecule has 5 nitrogen and oxygen atoms in total. The van der Waals surface area contributed by atoms with Crippen molar-refractivity contribution >= 4 is 31.6 Å². The van der Waals surface area contributed by atoms with Crippen molar-refractivity contribution in [1.82, 2.24) is 0 Å². The van der Waals surface area contributed by atoms with Crippen LogP contribution in [0.3, 0.4) is 0 Å². The highest BCUT2D eigenvalue weighted by atomic mass is 79.9. The maximum atomic E-state index is 12.4. The van der Waals surface area contributed by atoms with Crippen LogP contribution in [0.5, 0.6) is 5.75 Å². The molecule has 3 N–H and O–H groups in total. The fourth-order valence-electron chi connectivity index (χ4n) is 1.80. The van der Waals surface area contributed by atoms with Crippen LogP contribution < -0.4 is 15.2 Å². The van der Waals surface area contributed by atoms with Crippen LogP contribution in [0.15, 0.2) is 51.8 Å². The van der Waals surface area contributed by atoms with Crippen molar-refractivity contribution in [1.29, 1.82) is 0 Å². The number of hydrogen-bond donors (Lipinski definition) is 2. The molecule has 0 spiro atoms. The van der Waals surface area contributed by atoms with Gasteiger partial charge in [-0.1, -0.05) is 28.1 Å². The van der Waals surface area contributed by atoms with Gasteiger partial charge in [-0.15, -0.1) is 0 Å². The van der Waals surface area contributed by atoms with E-state index in [1.54, 1.807) is 36.4 Å². The molecule has 0 aliphatic heterocycles. The van der Waals surface area contributed by atoms with Gasteiger partial charge in [-0.05, 0) is 35.9 Å². The second-order valence-corrected chi connectivity index (χ2v) is 6.90. The Labute approximate surface area is 132 Å². The highest BCUT2D eigenvalue weighted by molar-refractivity contribution is 9.10. The van der Waals surface area contributed by atoms with E-state index in [2.05, 4.69) is 20.7 Å². The average molecular weight is 371 g/mol. The summed E-state index contributed by atoms with van der Waals surface area (Å²) in [5.74, 6) is 0.441. The average Bonchev–Trinajstić information content (AvgIpc) is 2.47. The summed E-state index contributed by atoms with van der Waals surface area (Å²) in [4.78, 5) is 0.160. The van der Waals surface area contributed by atoms with Crippen LogP contribution in [0.2, 0.25) is 0 Å². The Morgan fingerprint density at radius 3 is 2.67 bits per heavy atom. The largest absolute Gasteiger partial charge is 0.495 e. The fraction of sp³-hybridized carbons (Fsp3) is 0.143. The number of halogens is 1. The van der Waals surface area contributed by atoms with E-state index < -0.39 is 10.0 Å². The number of nitrogens with one attached hydrogen (secondary N) is 1. The molecule has 0 atom stereocenters. The van der Waals surface area contributed by atoms with Crippen molar-refractivity contribution in [2.24, 2.45) is 5.73 Å². The first kappa shape index (κ1) is 15.8. The molecule has 0 saturated carbocycles. The minimum Gasteiger partial charge on any atom is -0.495 e. The molecule has 112 valence electrons. The number of nitrogens with two attached hydrogens (primary N) is 1. The molecule has 0 unspecified atom stereocenters. The molecule has 0 aliphatic rings. The summed E-state index contributed by atoms with van der Waals surface area (Å²) in [7, 11) is -2.22. The standard InChI is InChI=1S/C14H15BrN2O3S/c1-20-14-6-5-11(15)8-13(14)17-21(18,19)12-4-2-3-10(7-12)9-16/h2-8,17H,9,16H2,1H3. The molecule has 7 heteroatoms. The number of rotatable bonds is 5. The topological polar surface area (TPSA) is 81.4 Å². The van der Waals surface area contributed by atoms with E-state index in [0.717, 1.165) is 10.0 Å². The molecule has 2 aromatic rings. The van der Waals surface area contributed by atoms with Crippen molar-refractivity contribution in [3.63, 3.8) is 0 Å². The Morgan fingerprint density at radius 1 is 1.24 bits per heavy atom. The van der Waals surface area contributed by atoms with E-state index in [1.165, 1.54) is 13.2 Å². The van der Waals surface area contributed by atoms with E-state index >= 15 is 0 Å². The Morgan fingerprint density at radius 2 is 2.00 bits per heavy atom. The first-order valence-electron chi connectivity index (χ1n) is 6.11. The third kappa shape index (κ3) is 3.75. The normalized spacial score (nSPS) is 11.2. The number of ether oxygens (including phenoxy) is 1. The van der Waals surface area contributed by atoms with E-state index in [-0.39, 0.29) is 11.4 Å². The fourth-order valence-corrected chi connectivity index (χ4v) is 3.30. The Hall–Kier alpha value is -1.57. The van der Waals surface area contributed by atoms with Gasteiger partial charge in [-0.25, -0.2) is 8.42 Å². The summed E-state index contributed by atoms with van der Waals surface area (Å²) in [5, 5.41) is 0. The van der Waals surface area contributed by atoms with Crippen LogP contribution in [0, 0.1) is 0 Å². The summed E-state index contributed by atoms with van der Waals surface area (Å²) in [6, 6.07) is 11.6. The summed E-state index contributed by atoms with van der Waals surface area (Å²) in [6.07, 6.45) is 0. The van der Waals surface area contributed by atoms with Gasteiger partial charge < -0.3 is 10.5 Å². The summed E-state index contributed by atoms with van der Waals surface area (Å²) < 4.78 is 33.3. The van der Waals surface area contributed by atoms with Crippen molar-refractivity contribution in [2.75, 3.05) is 11.8 Å². The minimum atomic E-state index is -3.70. The van der Waals surface area contributed by atoms with Gasteiger partial charge >= 0.3 is 0 Å². The lowest BCUT2D eigenvalue weighted by Crippen LogP contribution is -2.14. The summed E-state index contributed by atoms with van der Waals surface area (Å²) >= 11 is 3.31. The van der Waals surface area contributed by atoms with Crippen LogP contribution in [0.1, 0.15) is 5.56 Å². The molecule has 0 aliphatic carbocycles. The van der Waals surface area contributed by atoms with Crippen LogP contribution in [-0.2, 0) is 16.6 Å². The molecule has 2 rings (SSSR count). The second kappa shape index (κ2) is 6.46. The number of anilines is 1. The molecular formula is C14H15BrN2O3S. The van der Waals surface area contributed by atoms with Crippen molar-refractivity contribution < 1.29 is 13.2 Å². The van der Waals surface area contributed by atoms with E-state index in [0.29, 0.717) is 11.4 Å². The van der Waals surface area contributed by atoms with E-state index in [9.17, 15) is 8.42 Å². The minimum absolute atomic E-state index is 0.160. The SMILES string of the molecule is COc1ccc(Br)cc1NS(=O)(=O)c1cccc(CN)c1. The molecule has 0 bridgehead atoms. The highest BCUT2D eigenvalue weighted by Crippen LogP contribution is 2.30. The molecule has 0 fully saturated rings.